The van der Waals surface area contributed by atoms with E-state index in [2.05, 4.69) is 40.7 Å². The van der Waals surface area contributed by atoms with Crippen LogP contribution in [0.2, 0.25) is 0 Å². The standard InChI is InChI=1S/C28H38FN5O2/c1-3-18-10-20(35)6-7-21(18)22-8-9-23-26(25(22)29)32-33-27(23)28-30-11-24(31-28)19-5-4-16(2)34(13-19)12-17-14-36-15-17/h5-7,10-11,16-17,22-23,25-27,32-33,35H,3-4,8-9,12-15H2,1-2H3,(H,30,31)/t16-,22?,23?,25?,26?,27?/m0/s1. The highest BCUT2D eigenvalue weighted by Gasteiger charge is 2.48. The first-order valence-electron chi connectivity index (χ1n) is 13.5. The number of alkyl halides is 1. The van der Waals surface area contributed by atoms with Gasteiger partial charge in [0.25, 0.3) is 0 Å². The molecule has 2 aromatic rings. The number of benzene rings is 1. The summed E-state index contributed by atoms with van der Waals surface area (Å²) in [7, 11) is 0. The lowest BCUT2D eigenvalue weighted by Crippen LogP contribution is -2.45. The van der Waals surface area contributed by atoms with E-state index in [-0.39, 0.29) is 29.7 Å². The number of ether oxygens (including phenoxy) is 1. The number of fused-ring (bicyclic) bond motifs is 1. The third-order valence-electron chi connectivity index (χ3n) is 8.88. The number of nitrogens with zero attached hydrogens (tertiary/aromatic N) is 2. The molecule has 4 aliphatic rings. The number of halogens is 1. The average molecular weight is 496 g/mol. The smallest absolute Gasteiger partial charge is 0.125 e. The topological polar surface area (TPSA) is 85.4 Å². The van der Waals surface area contributed by atoms with Crippen molar-refractivity contribution in [3.05, 3.63) is 53.1 Å². The van der Waals surface area contributed by atoms with E-state index >= 15 is 4.39 Å². The van der Waals surface area contributed by atoms with Crippen LogP contribution in [-0.2, 0) is 11.2 Å². The van der Waals surface area contributed by atoms with Crippen molar-refractivity contribution in [3.8, 4) is 5.75 Å². The minimum Gasteiger partial charge on any atom is -0.508 e. The molecule has 4 heterocycles. The van der Waals surface area contributed by atoms with Crippen LogP contribution in [0.3, 0.4) is 0 Å². The van der Waals surface area contributed by atoms with Gasteiger partial charge in [0.05, 0.1) is 37.2 Å². The van der Waals surface area contributed by atoms with Gasteiger partial charge in [0.1, 0.15) is 17.7 Å². The SMILES string of the molecule is CCc1cc(O)ccc1C1CCC2C(c3ncc(C4=CC[C@H](C)N(CC5COC5)C4)[nH]3)NNC2C1F. The van der Waals surface area contributed by atoms with Gasteiger partial charge in [-0.2, -0.15) is 0 Å². The molecule has 6 rings (SSSR count). The number of aromatic nitrogens is 2. The second-order valence-corrected chi connectivity index (χ2v) is 11.2. The Morgan fingerprint density at radius 1 is 1.22 bits per heavy atom. The molecule has 0 spiro atoms. The molecule has 0 amide bonds. The van der Waals surface area contributed by atoms with Gasteiger partial charge < -0.3 is 14.8 Å². The van der Waals surface area contributed by atoms with Crippen molar-refractivity contribution < 1.29 is 14.2 Å². The summed E-state index contributed by atoms with van der Waals surface area (Å²) in [5.41, 5.74) is 11.1. The molecule has 8 heteroatoms. The Balaban J connectivity index is 1.15. The second kappa shape index (κ2) is 9.89. The van der Waals surface area contributed by atoms with E-state index in [4.69, 9.17) is 9.72 Å². The molecular weight excluding hydrogens is 457 g/mol. The van der Waals surface area contributed by atoms with Gasteiger partial charge in [-0.3, -0.25) is 10.3 Å². The van der Waals surface area contributed by atoms with Crippen molar-refractivity contribution in [1.82, 2.24) is 25.7 Å². The molecule has 5 unspecified atom stereocenters. The Labute approximate surface area is 212 Å². The number of imidazole rings is 1. The van der Waals surface area contributed by atoms with E-state index in [9.17, 15) is 5.11 Å². The fraction of sp³-hybridized carbons (Fsp3) is 0.607. The number of aromatic hydroxyl groups is 1. The monoisotopic (exact) mass is 495 g/mol. The van der Waals surface area contributed by atoms with E-state index in [0.29, 0.717) is 12.0 Å². The molecule has 2 saturated heterocycles. The lowest BCUT2D eigenvalue weighted by atomic mass is 9.71. The maximum Gasteiger partial charge on any atom is 0.125 e. The van der Waals surface area contributed by atoms with Crippen LogP contribution in [0.15, 0.2) is 30.5 Å². The number of hydrogen-bond acceptors (Lipinski definition) is 6. The van der Waals surface area contributed by atoms with Crippen LogP contribution < -0.4 is 10.9 Å². The van der Waals surface area contributed by atoms with Crippen LogP contribution in [0.1, 0.15) is 67.7 Å². The zero-order valence-electron chi connectivity index (χ0n) is 21.2. The number of hydrogen-bond donors (Lipinski definition) is 4. The molecule has 3 aliphatic heterocycles. The molecule has 1 aromatic heterocycles. The van der Waals surface area contributed by atoms with Crippen molar-refractivity contribution in [2.45, 2.75) is 69.7 Å². The summed E-state index contributed by atoms with van der Waals surface area (Å²) in [6.45, 7) is 8.11. The normalized spacial score (nSPS) is 33.2. The zero-order chi connectivity index (χ0) is 24.8. The van der Waals surface area contributed by atoms with Crippen LogP contribution in [-0.4, -0.2) is 64.5 Å². The van der Waals surface area contributed by atoms with E-state index in [0.717, 1.165) is 74.6 Å². The maximum absolute atomic E-state index is 15.9. The van der Waals surface area contributed by atoms with Gasteiger partial charge in [-0.15, -0.1) is 0 Å². The molecule has 1 aliphatic carbocycles. The Kier molecular flexibility index (Phi) is 6.62. The summed E-state index contributed by atoms with van der Waals surface area (Å²) in [6, 6.07) is 5.60. The zero-order valence-corrected chi connectivity index (χ0v) is 21.2. The molecule has 7 nitrogen and oxygen atoms in total. The van der Waals surface area contributed by atoms with Gasteiger partial charge in [-0.25, -0.2) is 14.8 Å². The van der Waals surface area contributed by atoms with Crippen molar-refractivity contribution in [2.75, 3.05) is 26.3 Å². The van der Waals surface area contributed by atoms with E-state index in [1.54, 1.807) is 12.1 Å². The van der Waals surface area contributed by atoms with Crippen LogP contribution in [0, 0.1) is 11.8 Å². The highest BCUT2D eigenvalue weighted by Crippen LogP contribution is 2.45. The highest BCUT2D eigenvalue weighted by atomic mass is 19.1. The number of H-pyrrole nitrogens is 1. The molecule has 194 valence electrons. The Morgan fingerprint density at radius 2 is 2.08 bits per heavy atom. The van der Waals surface area contributed by atoms with Crippen molar-refractivity contribution >= 4 is 5.57 Å². The van der Waals surface area contributed by atoms with Crippen LogP contribution in [0.25, 0.3) is 5.57 Å². The Hall–Kier alpha value is -2.26. The van der Waals surface area contributed by atoms with Crippen molar-refractivity contribution in [2.24, 2.45) is 11.8 Å². The summed E-state index contributed by atoms with van der Waals surface area (Å²) in [5, 5.41) is 9.88. The predicted molar refractivity (Wildman–Crippen MR) is 137 cm³/mol. The second-order valence-electron chi connectivity index (χ2n) is 11.2. The van der Waals surface area contributed by atoms with Crippen LogP contribution in [0.4, 0.5) is 4.39 Å². The first-order chi connectivity index (χ1) is 17.5. The summed E-state index contributed by atoms with van der Waals surface area (Å²) < 4.78 is 21.3. The van der Waals surface area contributed by atoms with Gasteiger partial charge in [-0.05, 0) is 61.4 Å². The van der Waals surface area contributed by atoms with Gasteiger partial charge >= 0.3 is 0 Å². The molecular formula is C28H38FN5O2. The molecule has 6 atom stereocenters. The van der Waals surface area contributed by atoms with Gasteiger partial charge in [0.15, 0.2) is 0 Å². The fourth-order valence-corrected chi connectivity index (χ4v) is 6.63. The largest absolute Gasteiger partial charge is 0.508 e. The molecule has 3 fully saturated rings. The molecule has 4 N–H and O–H groups in total. The lowest BCUT2D eigenvalue weighted by Gasteiger charge is -2.38. The van der Waals surface area contributed by atoms with Crippen LogP contribution >= 0.6 is 0 Å². The van der Waals surface area contributed by atoms with Gasteiger partial charge in [0.2, 0.25) is 0 Å². The minimum absolute atomic E-state index is 0.0419. The average Bonchev–Trinajstić information content (AvgIpc) is 3.50. The van der Waals surface area contributed by atoms with E-state index in [1.807, 2.05) is 12.3 Å². The molecule has 1 aromatic carbocycles. The molecule has 36 heavy (non-hydrogen) atoms. The Morgan fingerprint density at radius 3 is 2.86 bits per heavy atom. The number of nitrogens with one attached hydrogen (secondary N) is 3. The third-order valence-corrected chi connectivity index (χ3v) is 8.88. The molecule has 0 bridgehead atoms. The quantitative estimate of drug-likeness (QED) is 0.487. The minimum atomic E-state index is -1.00. The highest BCUT2D eigenvalue weighted by molar-refractivity contribution is 5.64. The number of rotatable bonds is 6. The van der Waals surface area contributed by atoms with Gasteiger partial charge in [0, 0.05) is 36.9 Å². The fourth-order valence-electron chi connectivity index (χ4n) is 6.63. The first kappa shape index (κ1) is 24.1. The summed E-state index contributed by atoms with van der Waals surface area (Å²) >= 11 is 0. The van der Waals surface area contributed by atoms with Crippen molar-refractivity contribution in [1.29, 1.82) is 0 Å². The van der Waals surface area contributed by atoms with Crippen LogP contribution in [0.5, 0.6) is 5.75 Å². The number of aryl methyl sites for hydroxylation is 1. The summed E-state index contributed by atoms with van der Waals surface area (Å²) in [4.78, 5) is 10.9. The predicted octanol–water partition coefficient (Wildman–Crippen LogP) is 3.85. The first-order valence-corrected chi connectivity index (χ1v) is 13.5. The third kappa shape index (κ3) is 4.38. The molecule has 1 saturated carbocycles. The maximum atomic E-state index is 15.9. The summed E-state index contributed by atoms with van der Waals surface area (Å²) in [5.74, 6) is 1.75. The van der Waals surface area contributed by atoms with Crippen molar-refractivity contribution in [3.63, 3.8) is 0 Å². The number of hydrazine groups is 1. The Bertz CT molecular complexity index is 1120. The number of phenols is 1. The van der Waals surface area contributed by atoms with E-state index < -0.39 is 6.17 Å². The van der Waals surface area contributed by atoms with Gasteiger partial charge in [-0.1, -0.05) is 19.1 Å². The summed E-state index contributed by atoms with van der Waals surface area (Å²) in [6.07, 6.45) is 6.80. The number of phenolic OH excluding ortho intramolecular Hbond substituents is 1. The van der Waals surface area contributed by atoms with E-state index in [1.165, 1.54) is 5.57 Å². The number of aromatic amines is 1. The molecule has 0 radical (unpaired) electrons. The lowest BCUT2D eigenvalue weighted by molar-refractivity contribution is -0.0492.